The van der Waals surface area contributed by atoms with E-state index in [1.54, 1.807) is 25.5 Å². The number of ether oxygens (including phenoxy) is 2. The maximum Gasteiger partial charge on any atom is 0.349 e. The number of aromatic nitrogens is 2. The number of carbonyl (C=O) groups excluding carboxylic acids is 1. The van der Waals surface area contributed by atoms with Crippen molar-refractivity contribution >= 4 is 5.97 Å². The van der Waals surface area contributed by atoms with E-state index in [0.717, 1.165) is 11.1 Å². The summed E-state index contributed by atoms with van der Waals surface area (Å²) in [5.74, 6) is 0.0565. The minimum absolute atomic E-state index is 0.326. The third-order valence-corrected chi connectivity index (χ3v) is 3.21. The van der Waals surface area contributed by atoms with Gasteiger partial charge in [0.25, 0.3) is 0 Å². The largest absolute Gasteiger partial charge is 0.463 e. The predicted octanol–water partition coefficient (Wildman–Crippen LogP) is 2.96. The monoisotopic (exact) mass is 302 g/mol. The molecule has 0 bridgehead atoms. The molecular weight excluding hydrogens is 280 g/mol. The van der Waals surface area contributed by atoms with E-state index >= 15 is 0 Å². The second kappa shape index (κ2) is 6.64. The minimum Gasteiger partial charge on any atom is -0.463 e. The van der Waals surface area contributed by atoms with Gasteiger partial charge in [-0.3, -0.25) is 4.68 Å². The number of hydrogen-bond acceptors (Lipinski definition) is 4. The summed E-state index contributed by atoms with van der Waals surface area (Å²) in [6.07, 6.45) is 1.91. The van der Waals surface area contributed by atoms with Gasteiger partial charge in [0.05, 0.1) is 13.2 Å². The normalized spacial score (nSPS) is 11.3. The average molecular weight is 302 g/mol. The van der Waals surface area contributed by atoms with Gasteiger partial charge >= 0.3 is 5.97 Å². The van der Waals surface area contributed by atoms with Crippen LogP contribution in [-0.2, 0) is 16.1 Å². The Morgan fingerprint density at radius 2 is 1.95 bits per heavy atom. The highest BCUT2D eigenvalue weighted by Gasteiger charge is 2.33. The first-order chi connectivity index (χ1) is 10.4. The van der Waals surface area contributed by atoms with E-state index in [-0.39, 0.29) is 0 Å². The highest BCUT2D eigenvalue weighted by atomic mass is 16.6. The van der Waals surface area contributed by atoms with E-state index in [1.807, 2.05) is 43.5 Å². The molecule has 0 amide bonds. The number of benzene rings is 1. The summed E-state index contributed by atoms with van der Waals surface area (Å²) in [7, 11) is 0. The molecule has 2 aromatic rings. The van der Waals surface area contributed by atoms with Gasteiger partial charge in [-0.05, 0) is 33.3 Å². The van der Waals surface area contributed by atoms with Crippen molar-refractivity contribution in [2.75, 3.05) is 6.61 Å². The molecule has 0 saturated carbocycles. The fourth-order valence-electron chi connectivity index (χ4n) is 2.04. The van der Waals surface area contributed by atoms with Crippen molar-refractivity contribution in [1.82, 2.24) is 9.78 Å². The van der Waals surface area contributed by atoms with Crippen LogP contribution in [0.4, 0.5) is 0 Å². The van der Waals surface area contributed by atoms with E-state index in [0.29, 0.717) is 19.0 Å². The van der Waals surface area contributed by atoms with Crippen LogP contribution in [0, 0.1) is 6.92 Å². The van der Waals surface area contributed by atoms with Crippen LogP contribution in [0.15, 0.2) is 36.5 Å². The smallest absolute Gasteiger partial charge is 0.349 e. The molecule has 1 aromatic heterocycles. The molecule has 0 aliphatic carbocycles. The lowest BCUT2D eigenvalue weighted by Crippen LogP contribution is -2.40. The van der Waals surface area contributed by atoms with E-state index in [1.165, 1.54) is 0 Å². The molecule has 118 valence electrons. The molecule has 5 nitrogen and oxygen atoms in total. The Morgan fingerprint density at radius 3 is 2.59 bits per heavy atom. The van der Waals surface area contributed by atoms with Crippen molar-refractivity contribution in [1.29, 1.82) is 0 Å². The molecule has 1 heterocycles. The van der Waals surface area contributed by atoms with Gasteiger partial charge in [0.2, 0.25) is 11.5 Å². The second-order valence-corrected chi connectivity index (χ2v) is 5.63. The first-order valence-corrected chi connectivity index (χ1v) is 7.36. The fourth-order valence-corrected chi connectivity index (χ4v) is 2.04. The zero-order valence-electron chi connectivity index (χ0n) is 13.5. The molecule has 0 N–H and O–H groups in total. The maximum absolute atomic E-state index is 11.9. The Bertz CT molecular complexity index is 633. The maximum atomic E-state index is 11.9. The van der Waals surface area contributed by atoms with Crippen LogP contribution in [0.2, 0.25) is 0 Å². The first kappa shape index (κ1) is 16.1. The quantitative estimate of drug-likeness (QED) is 0.770. The van der Waals surface area contributed by atoms with Gasteiger partial charge < -0.3 is 9.47 Å². The van der Waals surface area contributed by atoms with Gasteiger partial charge in [-0.1, -0.05) is 30.3 Å². The number of esters is 1. The third-order valence-electron chi connectivity index (χ3n) is 3.21. The van der Waals surface area contributed by atoms with Gasteiger partial charge in [-0.15, -0.1) is 5.10 Å². The lowest BCUT2D eigenvalue weighted by molar-refractivity contribution is -0.159. The van der Waals surface area contributed by atoms with Gasteiger partial charge in [0, 0.05) is 11.8 Å². The molecule has 0 unspecified atom stereocenters. The van der Waals surface area contributed by atoms with Crippen LogP contribution in [0.5, 0.6) is 5.88 Å². The van der Waals surface area contributed by atoms with Gasteiger partial charge in [-0.25, -0.2) is 4.79 Å². The summed E-state index contributed by atoms with van der Waals surface area (Å²) < 4.78 is 12.6. The number of aryl methyl sites for hydroxylation is 1. The van der Waals surface area contributed by atoms with Gasteiger partial charge in [0.15, 0.2) is 0 Å². The van der Waals surface area contributed by atoms with E-state index < -0.39 is 11.6 Å². The highest BCUT2D eigenvalue weighted by Crippen LogP contribution is 2.22. The average Bonchev–Trinajstić information content (AvgIpc) is 2.79. The van der Waals surface area contributed by atoms with E-state index in [2.05, 4.69) is 5.10 Å². The van der Waals surface area contributed by atoms with Crippen LogP contribution in [0.1, 0.15) is 31.9 Å². The fraction of sp³-hybridized carbons (Fsp3) is 0.412. The van der Waals surface area contributed by atoms with Crippen LogP contribution in [0.25, 0.3) is 0 Å². The van der Waals surface area contributed by atoms with E-state index in [9.17, 15) is 4.79 Å². The Hall–Kier alpha value is -2.30. The molecule has 0 radical (unpaired) electrons. The van der Waals surface area contributed by atoms with Crippen molar-refractivity contribution in [3.63, 3.8) is 0 Å². The summed E-state index contributed by atoms with van der Waals surface area (Å²) >= 11 is 0. The lowest BCUT2D eigenvalue weighted by Gasteiger charge is -2.22. The Kier molecular flexibility index (Phi) is 4.85. The summed E-state index contributed by atoms with van der Waals surface area (Å²) in [6.45, 7) is 8.03. The molecule has 2 rings (SSSR count). The van der Waals surface area contributed by atoms with Crippen molar-refractivity contribution in [2.24, 2.45) is 0 Å². The van der Waals surface area contributed by atoms with Gasteiger partial charge in [-0.2, -0.15) is 0 Å². The van der Waals surface area contributed by atoms with Crippen LogP contribution in [0.3, 0.4) is 0 Å². The van der Waals surface area contributed by atoms with E-state index in [4.69, 9.17) is 9.47 Å². The van der Waals surface area contributed by atoms with Crippen molar-refractivity contribution < 1.29 is 14.3 Å². The summed E-state index contributed by atoms with van der Waals surface area (Å²) in [6, 6.07) is 10.0. The topological polar surface area (TPSA) is 53.4 Å². The molecule has 0 atom stereocenters. The summed E-state index contributed by atoms with van der Waals surface area (Å²) in [5, 5.41) is 4.42. The predicted molar refractivity (Wildman–Crippen MR) is 83.8 cm³/mol. The molecule has 0 fully saturated rings. The molecule has 22 heavy (non-hydrogen) atoms. The third kappa shape index (κ3) is 3.87. The lowest BCUT2D eigenvalue weighted by atomic mass is 10.1. The Labute approximate surface area is 130 Å². The van der Waals surface area contributed by atoms with Crippen molar-refractivity contribution in [2.45, 2.75) is 39.8 Å². The number of hydrogen-bond donors (Lipinski definition) is 0. The van der Waals surface area contributed by atoms with Crippen molar-refractivity contribution in [3.8, 4) is 5.88 Å². The molecule has 0 spiro atoms. The summed E-state index contributed by atoms with van der Waals surface area (Å²) in [4.78, 5) is 11.9. The summed E-state index contributed by atoms with van der Waals surface area (Å²) in [5.41, 5.74) is 0.974. The second-order valence-electron chi connectivity index (χ2n) is 5.63. The molecule has 0 saturated heterocycles. The molecule has 0 aliphatic heterocycles. The minimum atomic E-state index is -1.06. The zero-order valence-corrected chi connectivity index (χ0v) is 13.5. The molecular formula is C17H22N2O3. The highest BCUT2D eigenvalue weighted by molar-refractivity contribution is 5.79. The molecule has 0 aliphatic rings. The molecule has 5 heteroatoms. The van der Waals surface area contributed by atoms with Crippen LogP contribution in [-0.4, -0.2) is 28.0 Å². The Morgan fingerprint density at radius 1 is 1.27 bits per heavy atom. The first-order valence-electron chi connectivity index (χ1n) is 7.36. The number of nitrogens with zero attached hydrogens (tertiary/aromatic N) is 2. The molecule has 1 aromatic carbocycles. The SMILES string of the molecule is CCOC(=O)C(C)(C)Oc1nn(Cc2ccccc2)cc1C. The number of carbonyl (C=O) groups is 1. The van der Waals surface area contributed by atoms with Crippen LogP contribution < -0.4 is 4.74 Å². The zero-order chi connectivity index (χ0) is 16.2. The standard InChI is InChI=1S/C17H22N2O3/c1-5-21-16(20)17(3,4)22-15-13(2)11-19(18-15)12-14-9-7-6-8-10-14/h6-11H,5,12H2,1-4H3. The number of rotatable bonds is 6. The Balaban J connectivity index is 2.11. The van der Waals surface area contributed by atoms with Crippen LogP contribution >= 0.6 is 0 Å². The van der Waals surface area contributed by atoms with Crippen molar-refractivity contribution in [3.05, 3.63) is 47.7 Å². The van der Waals surface area contributed by atoms with Gasteiger partial charge in [0.1, 0.15) is 0 Å².